The average Bonchev–Trinajstić information content (AvgIpc) is 2.77. The molecule has 11 heteroatoms. The van der Waals surface area contributed by atoms with Gasteiger partial charge in [-0.1, -0.05) is 19.4 Å². The third kappa shape index (κ3) is 12.1. The molecule has 0 saturated carbocycles. The third-order valence-electron chi connectivity index (χ3n) is 4.92. The molecule has 1 aromatic rings. The number of carbonyl (C=O) groups is 4. The summed E-state index contributed by atoms with van der Waals surface area (Å²) >= 11 is 3.87. The largest absolute Gasteiger partial charge is 0.508 e. The number of phenols is 1. The number of carbonyl (C=O) groups excluding carboxylic acids is 2. The van der Waals surface area contributed by atoms with E-state index < -0.39 is 42.4 Å². The minimum atomic E-state index is -1.22. The van der Waals surface area contributed by atoms with Crippen molar-refractivity contribution < 1.29 is 34.5 Å². The fraction of sp³-hybridized carbons (Fsp3) is 0.545. The summed E-state index contributed by atoms with van der Waals surface area (Å²) in [4.78, 5) is 43.7. The van der Waals surface area contributed by atoms with Crippen LogP contribution in [0.5, 0.6) is 5.75 Å². The summed E-state index contributed by atoms with van der Waals surface area (Å²) in [5.41, 5.74) is 8.87. The Hall–Kier alpha value is -2.79. The molecule has 1 rings (SSSR count). The number of thiol groups is 1. The fourth-order valence-corrected chi connectivity index (χ4v) is 2.91. The predicted octanol–water partition coefficient (Wildman–Crippen LogP) is 1.15. The molecule has 0 bridgehead atoms. The minimum Gasteiger partial charge on any atom is -0.508 e. The van der Waals surface area contributed by atoms with Gasteiger partial charge in [0.1, 0.15) is 24.4 Å². The van der Waals surface area contributed by atoms with Crippen molar-refractivity contribution in [3.05, 3.63) is 28.8 Å². The number of carboxylic acids is 2. The van der Waals surface area contributed by atoms with Gasteiger partial charge in [-0.2, -0.15) is 12.6 Å². The highest BCUT2D eigenvalue weighted by molar-refractivity contribution is 7.80. The zero-order chi connectivity index (χ0) is 25.6. The summed E-state index contributed by atoms with van der Waals surface area (Å²) in [6.45, 7) is 5.69. The Labute approximate surface area is 199 Å². The molecule has 0 unspecified atom stereocenters. The van der Waals surface area contributed by atoms with Gasteiger partial charge in [-0.3, -0.25) is 19.2 Å². The van der Waals surface area contributed by atoms with Gasteiger partial charge in [0.05, 0.1) is 0 Å². The van der Waals surface area contributed by atoms with Crippen molar-refractivity contribution in [3.8, 4) is 5.75 Å². The fourth-order valence-electron chi connectivity index (χ4n) is 2.66. The van der Waals surface area contributed by atoms with E-state index in [1.54, 1.807) is 6.07 Å². The Morgan fingerprint density at radius 2 is 1.76 bits per heavy atom. The van der Waals surface area contributed by atoms with Gasteiger partial charge in [0.2, 0.25) is 11.8 Å². The van der Waals surface area contributed by atoms with Crippen molar-refractivity contribution in [2.75, 3.05) is 12.3 Å². The maximum Gasteiger partial charge on any atom is 0.322 e. The van der Waals surface area contributed by atoms with Gasteiger partial charge in [0.25, 0.3) is 0 Å². The lowest BCUT2D eigenvalue weighted by molar-refractivity contribution is -0.139. The summed E-state index contributed by atoms with van der Waals surface area (Å²) in [5, 5.41) is 30.8. The zero-order valence-electron chi connectivity index (χ0n) is 19.3. The normalized spacial score (nSPS) is 12.0. The number of aryl methyl sites for hydroxylation is 1. The van der Waals surface area contributed by atoms with Crippen molar-refractivity contribution in [2.45, 2.75) is 65.0 Å². The highest BCUT2D eigenvalue weighted by Gasteiger charge is 2.20. The number of phenolic OH excluding ortho intramolecular Hbond substituents is 1. The number of carboxylic acid groups (broad SMARTS) is 2. The Kier molecular flexibility index (Phi) is 14.6. The number of rotatable bonds is 12. The maximum atomic E-state index is 11.5. The number of hydrogen-bond acceptors (Lipinski definition) is 7. The van der Waals surface area contributed by atoms with E-state index >= 15 is 0 Å². The highest BCUT2D eigenvalue weighted by Crippen LogP contribution is 2.23. The van der Waals surface area contributed by atoms with Gasteiger partial charge >= 0.3 is 11.9 Å². The van der Waals surface area contributed by atoms with E-state index in [2.05, 4.69) is 37.1 Å². The summed E-state index contributed by atoms with van der Waals surface area (Å²) in [5.74, 6) is -3.29. The van der Waals surface area contributed by atoms with Gasteiger partial charge in [-0.05, 0) is 55.9 Å². The molecule has 1 aromatic carbocycles. The SMILES string of the molecule is CCCCc1ccc(O)c(C)c1C.N[C@@H](CCC(=O)N[C@@H](CS)C(=O)NCC(=O)O)C(=O)O. The lowest BCUT2D eigenvalue weighted by Crippen LogP contribution is -2.49. The summed E-state index contributed by atoms with van der Waals surface area (Å²) in [6.07, 6.45) is 3.34. The van der Waals surface area contributed by atoms with Crippen LogP contribution in [0, 0.1) is 13.8 Å². The number of nitrogens with two attached hydrogens (primary N) is 1. The molecule has 7 N–H and O–H groups in total. The molecule has 0 fully saturated rings. The Bertz CT molecular complexity index is 817. The van der Waals surface area contributed by atoms with Crippen LogP contribution < -0.4 is 16.4 Å². The molecule has 0 spiro atoms. The van der Waals surface area contributed by atoms with E-state index in [0.717, 1.165) is 12.0 Å². The second-order valence-electron chi connectivity index (χ2n) is 7.49. The third-order valence-corrected chi connectivity index (χ3v) is 5.28. The quantitative estimate of drug-likeness (QED) is 0.215. The van der Waals surface area contributed by atoms with Crippen LogP contribution >= 0.6 is 12.6 Å². The van der Waals surface area contributed by atoms with Crippen molar-refractivity contribution in [3.63, 3.8) is 0 Å². The zero-order valence-corrected chi connectivity index (χ0v) is 20.2. The first-order valence-electron chi connectivity index (χ1n) is 10.6. The summed E-state index contributed by atoms with van der Waals surface area (Å²) in [6, 6.07) is 1.68. The van der Waals surface area contributed by atoms with Crippen LogP contribution in [0.4, 0.5) is 0 Å². The van der Waals surface area contributed by atoms with Crippen molar-refractivity contribution in [2.24, 2.45) is 5.73 Å². The monoisotopic (exact) mass is 485 g/mol. The number of benzene rings is 1. The van der Waals surface area contributed by atoms with Gasteiger partial charge in [0.15, 0.2) is 0 Å². The number of unbranched alkanes of at least 4 members (excludes halogenated alkanes) is 1. The Morgan fingerprint density at radius 3 is 2.27 bits per heavy atom. The molecule has 2 amide bonds. The number of amides is 2. The van der Waals surface area contributed by atoms with E-state index in [1.165, 1.54) is 24.0 Å². The molecule has 0 aliphatic rings. The molecular weight excluding hydrogens is 450 g/mol. The number of aliphatic carboxylic acids is 2. The Balaban J connectivity index is 0.000000676. The van der Waals surface area contributed by atoms with Crippen LogP contribution in [-0.2, 0) is 25.6 Å². The topological polar surface area (TPSA) is 179 Å². The van der Waals surface area contributed by atoms with Gasteiger partial charge < -0.3 is 31.7 Å². The molecule has 2 atom stereocenters. The van der Waals surface area contributed by atoms with Gasteiger partial charge in [-0.15, -0.1) is 0 Å². The molecule has 186 valence electrons. The molecule has 0 aliphatic heterocycles. The van der Waals surface area contributed by atoms with Crippen LogP contribution in [0.1, 0.15) is 49.3 Å². The van der Waals surface area contributed by atoms with Crippen LogP contribution in [0.15, 0.2) is 12.1 Å². The molecule has 0 aliphatic carbocycles. The van der Waals surface area contributed by atoms with E-state index in [1.807, 2.05) is 13.0 Å². The molecule has 33 heavy (non-hydrogen) atoms. The van der Waals surface area contributed by atoms with Crippen molar-refractivity contribution in [1.29, 1.82) is 0 Å². The first-order chi connectivity index (χ1) is 15.4. The number of aromatic hydroxyl groups is 1. The van der Waals surface area contributed by atoms with E-state index in [4.69, 9.17) is 15.9 Å². The van der Waals surface area contributed by atoms with Gasteiger partial charge in [0, 0.05) is 12.2 Å². The standard InChI is InChI=1S/C12H18O.C10H17N3O6S/c1-4-5-6-11-7-8-12(13)10(3)9(11)2;11-5(10(18)19)1-2-7(14)13-6(4-20)9(17)12-3-8(15)16/h7-8,13H,4-6H2,1-3H3;5-6,20H,1-4,11H2,(H,12,17)(H,13,14)(H,15,16)(H,18,19)/t;5-,6-/m.0/s1. The second-order valence-corrected chi connectivity index (χ2v) is 7.86. The molecule has 10 nitrogen and oxygen atoms in total. The number of nitrogens with one attached hydrogen (secondary N) is 2. The molecule has 0 saturated heterocycles. The van der Waals surface area contributed by atoms with Crippen LogP contribution in [-0.4, -0.2) is 63.5 Å². The van der Waals surface area contributed by atoms with E-state index in [0.29, 0.717) is 5.75 Å². The molecule has 0 aromatic heterocycles. The second kappa shape index (κ2) is 15.9. The highest BCUT2D eigenvalue weighted by atomic mass is 32.1. The lowest BCUT2D eigenvalue weighted by Gasteiger charge is -2.16. The summed E-state index contributed by atoms with van der Waals surface area (Å²) in [7, 11) is 0. The molecule has 0 heterocycles. The smallest absolute Gasteiger partial charge is 0.322 e. The first kappa shape index (κ1) is 30.2. The molecular formula is C22H35N3O7S. The van der Waals surface area contributed by atoms with Gasteiger partial charge in [-0.25, -0.2) is 0 Å². The number of hydrogen-bond donors (Lipinski definition) is 7. The summed E-state index contributed by atoms with van der Waals surface area (Å²) < 4.78 is 0. The van der Waals surface area contributed by atoms with Crippen LogP contribution in [0.2, 0.25) is 0 Å². The van der Waals surface area contributed by atoms with E-state index in [9.17, 15) is 24.3 Å². The van der Waals surface area contributed by atoms with Crippen LogP contribution in [0.3, 0.4) is 0 Å². The van der Waals surface area contributed by atoms with Crippen molar-refractivity contribution in [1.82, 2.24) is 10.6 Å². The van der Waals surface area contributed by atoms with E-state index in [-0.39, 0.29) is 18.6 Å². The van der Waals surface area contributed by atoms with Crippen LogP contribution in [0.25, 0.3) is 0 Å². The minimum absolute atomic E-state index is 0.0256. The molecule has 0 radical (unpaired) electrons. The predicted molar refractivity (Wildman–Crippen MR) is 127 cm³/mol. The first-order valence-corrected chi connectivity index (χ1v) is 11.2. The lowest BCUT2D eigenvalue weighted by atomic mass is 9.98. The average molecular weight is 486 g/mol. The maximum absolute atomic E-state index is 11.5. The van der Waals surface area contributed by atoms with Crippen molar-refractivity contribution >= 4 is 36.4 Å². The Morgan fingerprint density at radius 1 is 1.12 bits per heavy atom.